The number of hydrogen-bond acceptors (Lipinski definition) is 3. The van der Waals surface area contributed by atoms with Crippen LogP contribution >= 0.6 is 0 Å². The first-order valence-electron chi connectivity index (χ1n) is 5.52. The third kappa shape index (κ3) is 2.09. The van der Waals surface area contributed by atoms with E-state index in [2.05, 4.69) is 0 Å². The predicted octanol–water partition coefficient (Wildman–Crippen LogP) is 2.30. The number of Topliss-reactive ketones (excluding diaryl/α,β-unsaturated/α-hetero) is 1. The van der Waals surface area contributed by atoms with E-state index in [0.717, 1.165) is 17.7 Å². The van der Waals surface area contributed by atoms with E-state index in [4.69, 9.17) is 9.47 Å². The van der Waals surface area contributed by atoms with Crippen LogP contribution in [0.4, 0.5) is 0 Å². The smallest absolute Gasteiger partial charge is 0.168 e. The van der Waals surface area contributed by atoms with Crippen molar-refractivity contribution < 1.29 is 14.3 Å². The molecule has 0 saturated carbocycles. The van der Waals surface area contributed by atoms with Crippen LogP contribution in [-0.2, 0) is 4.74 Å². The van der Waals surface area contributed by atoms with Crippen LogP contribution < -0.4 is 4.74 Å². The summed E-state index contributed by atoms with van der Waals surface area (Å²) in [5.74, 6) is 0.952. The lowest BCUT2D eigenvalue weighted by Crippen LogP contribution is -2.21. The monoisotopic (exact) mass is 220 g/mol. The van der Waals surface area contributed by atoms with Crippen LogP contribution in [0.3, 0.4) is 0 Å². The largest absolute Gasteiger partial charge is 0.497 e. The van der Waals surface area contributed by atoms with Gasteiger partial charge in [0.15, 0.2) is 5.78 Å². The molecule has 1 saturated heterocycles. The summed E-state index contributed by atoms with van der Waals surface area (Å²) in [5.41, 5.74) is 0.739. The lowest BCUT2D eigenvalue weighted by atomic mass is 9.92. The minimum absolute atomic E-state index is 0.00777. The zero-order valence-corrected chi connectivity index (χ0v) is 9.60. The Morgan fingerprint density at radius 1 is 1.38 bits per heavy atom. The van der Waals surface area contributed by atoms with Gasteiger partial charge in [0.2, 0.25) is 0 Å². The van der Waals surface area contributed by atoms with Gasteiger partial charge in [0.25, 0.3) is 0 Å². The van der Waals surface area contributed by atoms with Gasteiger partial charge in [0.05, 0.1) is 19.1 Å². The number of carbonyl (C=O) groups is 1. The van der Waals surface area contributed by atoms with Gasteiger partial charge in [-0.2, -0.15) is 0 Å². The Bertz CT molecular complexity index is 369. The lowest BCUT2D eigenvalue weighted by Gasteiger charge is -2.12. The highest BCUT2D eigenvalue weighted by molar-refractivity contribution is 5.98. The van der Waals surface area contributed by atoms with Gasteiger partial charge in [0.1, 0.15) is 5.75 Å². The standard InChI is InChI=1S/C13H16O3/c1-9-12(7-8-16-9)13(14)10-3-5-11(15-2)6-4-10/h3-6,9,12H,7-8H2,1-2H3/t9-,12+/m0/s1. The van der Waals surface area contributed by atoms with E-state index < -0.39 is 0 Å². The molecule has 16 heavy (non-hydrogen) atoms. The molecule has 3 nitrogen and oxygen atoms in total. The molecule has 1 aromatic rings. The van der Waals surface area contributed by atoms with E-state index in [-0.39, 0.29) is 17.8 Å². The molecular weight excluding hydrogens is 204 g/mol. The number of hydrogen-bond donors (Lipinski definition) is 0. The SMILES string of the molecule is COc1ccc(C(=O)[C@@H]2CCO[C@H]2C)cc1. The number of benzene rings is 1. The molecule has 0 aliphatic carbocycles. The number of rotatable bonds is 3. The van der Waals surface area contributed by atoms with Crippen molar-refractivity contribution in [1.29, 1.82) is 0 Å². The summed E-state index contributed by atoms with van der Waals surface area (Å²) in [7, 11) is 1.61. The topological polar surface area (TPSA) is 35.5 Å². The zero-order valence-electron chi connectivity index (χ0n) is 9.60. The molecule has 0 bridgehead atoms. The molecule has 3 heteroatoms. The van der Waals surface area contributed by atoms with Gasteiger partial charge in [-0.1, -0.05) is 0 Å². The summed E-state index contributed by atoms with van der Waals surface area (Å²) >= 11 is 0. The maximum atomic E-state index is 12.1. The zero-order chi connectivity index (χ0) is 11.5. The first-order chi connectivity index (χ1) is 7.72. The van der Waals surface area contributed by atoms with Crippen molar-refractivity contribution in [3.8, 4) is 5.75 Å². The Morgan fingerprint density at radius 2 is 2.06 bits per heavy atom. The van der Waals surface area contributed by atoms with E-state index in [1.54, 1.807) is 7.11 Å². The average Bonchev–Trinajstić information content (AvgIpc) is 2.75. The lowest BCUT2D eigenvalue weighted by molar-refractivity contribution is 0.0764. The molecule has 86 valence electrons. The van der Waals surface area contributed by atoms with Crippen molar-refractivity contribution in [2.24, 2.45) is 5.92 Å². The number of ketones is 1. The fourth-order valence-electron chi connectivity index (χ4n) is 2.05. The molecule has 0 unspecified atom stereocenters. The summed E-state index contributed by atoms with van der Waals surface area (Å²) in [6, 6.07) is 7.25. The van der Waals surface area contributed by atoms with Gasteiger partial charge in [-0.15, -0.1) is 0 Å². The molecular formula is C13H16O3. The molecule has 2 rings (SSSR count). The van der Waals surface area contributed by atoms with Crippen molar-refractivity contribution in [1.82, 2.24) is 0 Å². The fraction of sp³-hybridized carbons (Fsp3) is 0.462. The summed E-state index contributed by atoms with van der Waals surface area (Å²) in [5, 5.41) is 0. The predicted molar refractivity (Wildman–Crippen MR) is 60.8 cm³/mol. The van der Waals surface area contributed by atoms with Crippen molar-refractivity contribution in [2.45, 2.75) is 19.4 Å². The maximum Gasteiger partial charge on any atom is 0.168 e. The Labute approximate surface area is 95.4 Å². The molecule has 1 fully saturated rings. The number of carbonyl (C=O) groups excluding carboxylic acids is 1. The van der Waals surface area contributed by atoms with E-state index in [0.29, 0.717) is 6.61 Å². The van der Waals surface area contributed by atoms with Crippen LogP contribution in [0.15, 0.2) is 24.3 Å². The molecule has 0 N–H and O–H groups in total. The second-order valence-electron chi connectivity index (χ2n) is 4.06. The van der Waals surface area contributed by atoms with E-state index in [1.807, 2.05) is 31.2 Å². The number of ether oxygens (including phenoxy) is 2. The van der Waals surface area contributed by atoms with Gasteiger partial charge in [-0.05, 0) is 37.6 Å². The van der Waals surface area contributed by atoms with Crippen molar-refractivity contribution in [3.63, 3.8) is 0 Å². The minimum Gasteiger partial charge on any atom is -0.497 e. The van der Waals surface area contributed by atoms with Gasteiger partial charge in [0, 0.05) is 12.2 Å². The molecule has 0 radical (unpaired) electrons. The van der Waals surface area contributed by atoms with Crippen LogP contribution in [0.5, 0.6) is 5.75 Å². The van der Waals surface area contributed by atoms with Gasteiger partial charge in [-0.25, -0.2) is 0 Å². The highest BCUT2D eigenvalue weighted by Crippen LogP contribution is 2.25. The van der Waals surface area contributed by atoms with E-state index in [9.17, 15) is 4.79 Å². The second-order valence-corrected chi connectivity index (χ2v) is 4.06. The first-order valence-corrected chi connectivity index (χ1v) is 5.52. The Kier molecular flexibility index (Phi) is 3.25. The van der Waals surface area contributed by atoms with Crippen molar-refractivity contribution in [3.05, 3.63) is 29.8 Å². The Morgan fingerprint density at radius 3 is 2.56 bits per heavy atom. The minimum atomic E-state index is 0.00777. The van der Waals surface area contributed by atoms with Gasteiger partial charge < -0.3 is 9.47 Å². The number of methoxy groups -OCH3 is 1. The normalized spacial score (nSPS) is 24.4. The second kappa shape index (κ2) is 4.66. The average molecular weight is 220 g/mol. The Balaban J connectivity index is 2.14. The summed E-state index contributed by atoms with van der Waals surface area (Å²) < 4.78 is 10.5. The van der Waals surface area contributed by atoms with Gasteiger partial charge >= 0.3 is 0 Å². The maximum absolute atomic E-state index is 12.1. The van der Waals surface area contributed by atoms with Crippen LogP contribution in [0.1, 0.15) is 23.7 Å². The van der Waals surface area contributed by atoms with E-state index in [1.165, 1.54) is 0 Å². The van der Waals surface area contributed by atoms with Crippen LogP contribution in [0.25, 0.3) is 0 Å². The van der Waals surface area contributed by atoms with E-state index >= 15 is 0 Å². The molecule has 1 heterocycles. The molecule has 2 atom stereocenters. The van der Waals surface area contributed by atoms with Crippen LogP contribution in [-0.4, -0.2) is 25.6 Å². The van der Waals surface area contributed by atoms with Crippen LogP contribution in [0.2, 0.25) is 0 Å². The Hall–Kier alpha value is -1.35. The van der Waals surface area contributed by atoms with Crippen molar-refractivity contribution >= 4 is 5.78 Å². The third-order valence-corrected chi connectivity index (χ3v) is 3.09. The highest BCUT2D eigenvalue weighted by atomic mass is 16.5. The molecule has 0 aromatic heterocycles. The third-order valence-electron chi connectivity index (χ3n) is 3.09. The van der Waals surface area contributed by atoms with Gasteiger partial charge in [-0.3, -0.25) is 4.79 Å². The molecule has 1 aliphatic heterocycles. The highest BCUT2D eigenvalue weighted by Gasteiger charge is 2.31. The summed E-state index contributed by atoms with van der Waals surface area (Å²) in [6.07, 6.45) is 0.862. The quantitative estimate of drug-likeness (QED) is 0.733. The molecule has 0 spiro atoms. The molecule has 1 aromatic carbocycles. The summed E-state index contributed by atoms with van der Waals surface area (Å²) in [4.78, 5) is 12.1. The fourth-order valence-corrected chi connectivity index (χ4v) is 2.05. The van der Waals surface area contributed by atoms with Crippen LogP contribution in [0, 0.1) is 5.92 Å². The molecule has 1 aliphatic rings. The summed E-state index contributed by atoms with van der Waals surface area (Å²) in [6.45, 7) is 2.65. The first kappa shape index (κ1) is 11.1. The molecule has 0 amide bonds. The van der Waals surface area contributed by atoms with Crippen molar-refractivity contribution in [2.75, 3.05) is 13.7 Å².